The predicted molar refractivity (Wildman–Crippen MR) is 99.7 cm³/mol. The molecule has 2 aromatic heterocycles. The van der Waals surface area contributed by atoms with Crippen LogP contribution in [0.5, 0.6) is 0 Å². The van der Waals surface area contributed by atoms with Crippen LogP contribution < -0.4 is 5.32 Å². The highest BCUT2D eigenvalue weighted by atomic mass is 35.5. The van der Waals surface area contributed by atoms with Crippen molar-refractivity contribution in [1.29, 1.82) is 0 Å². The smallest absolute Gasteiger partial charge is 0.152 e. The molecule has 6 heteroatoms. The molecule has 1 aliphatic carbocycles. The summed E-state index contributed by atoms with van der Waals surface area (Å²) in [4.78, 5) is 18.5. The van der Waals surface area contributed by atoms with E-state index in [0.29, 0.717) is 17.5 Å². The van der Waals surface area contributed by atoms with Crippen LogP contribution in [0.25, 0.3) is 0 Å². The number of halogens is 1. The number of fused-ring (bicyclic) bond motifs is 2. The van der Waals surface area contributed by atoms with Gasteiger partial charge < -0.3 is 5.32 Å². The van der Waals surface area contributed by atoms with Gasteiger partial charge in [-0.15, -0.1) is 0 Å². The zero-order chi connectivity index (χ0) is 17.0. The van der Waals surface area contributed by atoms with Crippen molar-refractivity contribution in [3.63, 3.8) is 0 Å². The van der Waals surface area contributed by atoms with Crippen molar-refractivity contribution in [2.75, 3.05) is 11.9 Å². The molecule has 0 aromatic carbocycles. The molecular weight excluding hydrogens is 334 g/mol. The van der Waals surface area contributed by atoms with Crippen molar-refractivity contribution >= 4 is 28.8 Å². The first kappa shape index (κ1) is 14.8. The summed E-state index contributed by atoms with van der Waals surface area (Å²) < 4.78 is 0. The fraction of sp³-hybridized carbons (Fsp3) is 0.263. The van der Waals surface area contributed by atoms with E-state index < -0.39 is 0 Å². The molecule has 0 bridgehead atoms. The molecule has 124 valence electrons. The Kier molecular flexibility index (Phi) is 3.25. The first-order valence-electron chi connectivity index (χ1n) is 8.42. The van der Waals surface area contributed by atoms with Crippen LogP contribution in [0.15, 0.2) is 51.8 Å². The van der Waals surface area contributed by atoms with Gasteiger partial charge in [0.05, 0.1) is 17.3 Å². The van der Waals surface area contributed by atoms with Crippen LogP contribution in [0.4, 0.5) is 5.69 Å². The number of aromatic nitrogens is 2. The lowest BCUT2D eigenvalue weighted by molar-refractivity contribution is 1.02. The number of amidine groups is 1. The van der Waals surface area contributed by atoms with E-state index in [1.54, 1.807) is 12.4 Å². The van der Waals surface area contributed by atoms with E-state index in [-0.39, 0.29) is 0 Å². The van der Waals surface area contributed by atoms with E-state index in [9.17, 15) is 0 Å². The Hall–Kier alpha value is -2.53. The molecule has 0 amide bonds. The minimum atomic E-state index is 0.570. The molecule has 3 aliphatic rings. The normalized spacial score (nSPS) is 18.8. The summed E-state index contributed by atoms with van der Waals surface area (Å²) in [6.07, 6.45) is 5.79. The summed E-state index contributed by atoms with van der Waals surface area (Å²) in [5, 5.41) is 3.99. The van der Waals surface area contributed by atoms with Crippen molar-refractivity contribution in [1.82, 2.24) is 9.97 Å². The van der Waals surface area contributed by atoms with Gasteiger partial charge in [0.1, 0.15) is 17.1 Å². The molecule has 0 saturated heterocycles. The highest BCUT2D eigenvalue weighted by Crippen LogP contribution is 2.40. The molecule has 0 spiro atoms. The second-order valence-electron chi connectivity index (χ2n) is 6.64. The van der Waals surface area contributed by atoms with E-state index in [2.05, 4.69) is 34.3 Å². The Bertz CT molecular complexity index is 985. The van der Waals surface area contributed by atoms with Gasteiger partial charge in [-0.1, -0.05) is 11.6 Å². The zero-order valence-electron chi connectivity index (χ0n) is 13.8. The van der Waals surface area contributed by atoms with Crippen LogP contribution in [-0.2, 0) is 0 Å². The van der Waals surface area contributed by atoms with Gasteiger partial charge >= 0.3 is 0 Å². The molecule has 1 fully saturated rings. The Morgan fingerprint density at radius 2 is 2.08 bits per heavy atom. The Labute approximate surface area is 150 Å². The van der Waals surface area contributed by atoms with E-state index in [4.69, 9.17) is 21.6 Å². The Morgan fingerprint density at radius 1 is 1.20 bits per heavy atom. The van der Waals surface area contributed by atoms with Gasteiger partial charge in [-0.2, -0.15) is 0 Å². The number of pyridine rings is 2. The lowest BCUT2D eigenvalue weighted by Crippen LogP contribution is -2.12. The fourth-order valence-electron chi connectivity index (χ4n) is 3.21. The maximum absolute atomic E-state index is 6.43. The summed E-state index contributed by atoms with van der Waals surface area (Å²) in [5.74, 6) is 1.38. The molecule has 5 rings (SSSR count). The second-order valence-corrected chi connectivity index (χ2v) is 7.05. The molecule has 5 nitrogen and oxygen atoms in total. The summed E-state index contributed by atoms with van der Waals surface area (Å²) >= 11 is 6.43. The monoisotopic (exact) mass is 349 g/mol. The molecule has 1 N–H and O–H groups in total. The van der Waals surface area contributed by atoms with Gasteiger partial charge in [0, 0.05) is 29.6 Å². The van der Waals surface area contributed by atoms with Gasteiger partial charge in [-0.3, -0.25) is 9.98 Å². The van der Waals surface area contributed by atoms with E-state index >= 15 is 0 Å². The summed E-state index contributed by atoms with van der Waals surface area (Å²) in [6.45, 7) is 2.73. The number of aliphatic imine (C=N–C) groups is 2. The van der Waals surface area contributed by atoms with Crippen molar-refractivity contribution in [2.45, 2.75) is 25.7 Å². The number of anilines is 1. The highest BCUT2D eigenvalue weighted by molar-refractivity contribution is 6.36. The molecule has 0 atom stereocenters. The molecular formula is C19H16ClN5. The minimum absolute atomic E-state index is 0.570. The third-order valence-electron chi connectivity index (χ3n) is 4.74. The van der Waals surface area contributed by atoms with Crippen LogP contribution >= 0.6 is 11.6 Å². The average Bonchev–Trinajstić information content (AvgIpc) is 3.42. The van der Waals surface area contributed by atoms with Crippen molar-refractivity contribution in [3.05, 3.63) is 63.8 Å². The topological polar surface area (TPSA) is 62.5 Å². The summed E-state index contributed by atoms with van der Waals surface area (Å²) in [7, 11) is 0. The highest BCUT2D eigenvalue weighted by Gasteiger charge is 2.30. The maximum atomic E-state index is 6.43. The van der Waals surface area contributed by atoms with Crippen LogP contribution in [0.3, 0.4) is 0 Å². The van der Waals surface area contributed by atoms with Crippen molar-refractivity contribution < 1.29 is 0 Å². The lowest BCUT2D eigenvalue weighted by atomic mass is 10.1. The zero-order valence-corrected chi connectivity index (χ0v) is 14.5. The molecule has 2 aliphatic heterocycles. The lowest BCUT2D eigenvalue weighted by Gasteiger charge is -2.12. The van der Waals surface area contributed by atoms with E-state index in [1.807, 2.05) is 6.07 Å². The summed E-state index contributed by atoms with van der Waals surface area (Å²) in [5.41, 5.74) is 6.51. The first-order chi connectivity index (χ1) is 12.2. The van der Waals surface area contributed by atoms with E-state index in [0.717, 1.165) is 45.5 Å². The summed E-state index contributed by atoms with van der Waals surface area (Å²) in [6, 6.07) is 6.08. The first-order valence-corrected chi connectivity index (χ1v) is 8.80. The second kappa shape index (κ2) is 5.49. The predicted octanol–water partition coefficient (Wildman–Crippen LogP) is 3.96. The SMILES string of the molecule is CC1=C2N=C(c3ccncc3Cl)c3nc(C4CC4)ccc3NC2=NC1. The molecule has 1 saturated carbocycles. The van der Waals surface area contributed by atoms with Crippen LogP contribution in [0, 0.1) is 0 Å². The third kappa shape index (κ3) is 2.46. The minimum Gasteiger partial charge on any atom is -0.337 e. The molecule has 2 aromatic rings. The maximum Gasteiger partial charge on any atom is 0.152 e. The van der Waals surface area contributed by atoms with Gasteiger partial charge in [-0.05, 0) is 43.5 Å². The van der Waals surface area contributed by atoms with Crippen LogP contribution in [-0.4, -0.2) is 28.1 Å². The Balaban J connectivity index is 1.77. The molecule has 0 radical (unpaired) electrons. The standard InChI is InChI=1S/C19H16ClN5/c1-10-8-22-19-16(10)25-17(12-6-7-21-9-13(12)20)18-15(24-19)5-4-14(23-18)11-2-3-11/h4-7,9,11H,2-3,8H2,1H3,(H,22,24). The average molecular weight is 350 g/mol. The number of rotatable bonds is 2. The van der Waals surface area contributed by atoms with Gasteiger partial charge in [-0.25, -0.2) is 9.98 Å². The van der Waals surface area contributed by atoms with Crippen LogP contribution in [0.2, 0.25) is 5.02 Å². The number of hydrogen-bond donors (Lipinski definition) is 1. The fourth-order valence-corrected chi connectivity index (χ4v) is 3.41. The van der Waals surface area contributed by atoms with E-state index in [1.165, 1.54) is 12.8 Å². The largest absolute Gasteiger partial charge is 0.337 e. The third-order valence-corrected chi connectivity index (χ3v) is 5.05. The quantitative estimate of drug-likeness (QED) is 0.892. The number of nitrogens with zero attached hydrogens (tertiary/aromatic N) is 4. The van der Waals surface area contributed by atoms with Gasteiger partial charge in [0.15, 0.2) is 5.84 Å². The van der Waals surface area contributed by atoms with Crippen molar-refractivity contribution in [3.8, 4) is 0 Å². The Morgan fingerprint density at radius 3 is 2.88 bits per heavy atom. The molecule has 0 unspecified atom stereocenters. The van der Waals surface area contributed by atoms with Gasteiger partial charge in [0.25, 0.3) is 0 Å². The molecule has 4 heterocycles. The van der Waals surface area contributed by atoms with Crippen molar-refractivity contribution in [2.24, 2.45) is 9.98 Å². The molecule has 25 heavy (non-hydrogen) atoms. The van der Waals surface area contributed by atoms with Crippen LogP contribution in [0.1, 0.15) is 42.6 Å². The number of nitrogens with one attached hydrogen (secondary N) is 1. The van der Waals surface area contributed by atoms with Gasteiger partial charge in [0.2, 0.25) is 0 Å². The number of hydrogen-bond acceptors (Lipinski definition) is 5.